The van der Waals surface area contributed by atoms with E-state index in [2.05, 4.69) is 5.32 Å². The zero-order chi connectivity index (χ0) is 18.3. The molecule has 1 saturated heterocycles. The summed E-state index contributed by atoms with van der Waals surface area (Å²) >= 11 is 0. The van der Waals surface area contributed by atoms with Crippen LogP contribution in [0.15, 0.2) is 0 Å². The van der Waals surface area contributed by atoms with Gasteiger partial charge in [-0.1, -0.05) is 6.92 Å². The van der Waals surface area contributed by atoms with E-state index >= 15 is 0 Å². The second-order valence-electron chi connectivity index (χ2n) is 5.92. The Bertz CT molecular complexity index is 421. The Morgan fingerprint density at radius 3 is 2.42 bits per heavy atom. The smallest absolute Gasteiger partial charge is 0.306 e. The topological polar surface area (TPSA) is 83.1 Å². The van der Waals surface area contributed by atoms with Gasteiger partial charge in [-0.25, -0.2) is 0 Å². The van der Waals surface area contributed by atoms with Crippen LogP contribution in [-0.2, 0) is 28.5 Å². The molecule has 1 heterocycles. The van der Waals surface area contributed by atoms with E-state index in [-0.39, 0.29) is 37.1 Å². The molecule has 136 valence electrons. The number of carbonyl (C=O) groups is 2. The normalized spacial score (nSPS) is 29.0. The van der Waals surface area contributed by atoms with Crippen molar-refractivity contribution >= 4 is 19.7 Å². The van der Waals surface area contributed by atoms with Crippen LogP contribution in [0.1, 0.15) is 40.0 Å². The Balaban J connectivity index is 2.70. The lowest BCUT2D eigenvalue weighted by molar-refractivity contribution is -0.163. The molecule has 0 aromatic rings. The van der Waals surface area contributed by atoms with Gasteiger partial charge in [-0.15, -0.1) is 0 Å². The summed E-state index contributed by atoms with van der Waals surface area (Å²) in [5, 5.41) is 2.46. The lowest BCUT2D eigenvalue weighted by atomic mass is 9.92. The molecule has 0 saturated carbocycles. The molecular weight excluding hydrogens is 313 g/mol. The summed E-state index contributed by atoms with van der Waals surface area (Å²) in [4.78, 5) is 23.3. The van der Waals surface area contributed by atoms with Gasteiger partial charge in [-0.3, -0.25) is 9.59 Å². The van der Waals surface area contributed by atoms with E-state index < -0.39 is 24.2 Å². The van der Waals surface area contributed by atoms with Crippen molar-refractivity contribution in [2.24, 2.45) is 0 Å². The largest absolute Gasteiger partial charge is 0.457 e. The van der Waals surface area contributed by atoms with E-state index in [9.17, 15) is 9.59 Å². The van der Waals surface area contributed by atoms with Gasteiger partial charge in [0.15, 0.2) is 6.10 Å². The molecule has 1 aliphatic heterocycles. The Morgan fingerprint density at radius 2 is 1.88 bits per heavy atom. The van der Waals surface area contributed by atoms with Gasteiger partial charge in [0.05, 0.1) is 24.7 Å². The molecule has 24 heavy (non-hydrogen) atoms. The molecule has 0 spiro atoms. The number of nitrogens with one attached hydrogen (secondary N) is 1. The van der Waals surface area contributed by atoms with E-state index in [0.29, 0.717) is 6.42 Å². The predicted octanol–water partition coefficient (Wildman–Crippen LogP) is 0.536. The molecular formula is C16H28BNO6. The summed E-state index contributed by atoms with van der Waals surface area (Å²) in [6, 6.07) is -0.682. The summed E-state index contributed by atoms with van der Waals surface area (Å²) in [6.07, 6.45) is -1.18. The summed E-state index contributed by atoms with van der Waals surface area (Å²) in [5.74, 6) is -0.686. The van der Waals surface area contributed by atoms with Gasteiger partial charge in [0.2, 0.25) is 5.91 Å². The van der Waals surface area contributed by atoms with Crippen LogP contribution in [0.5, 0.6) is 0 Å². The molecule has 1 unspecified atom stereocenters. The maximum atomic E-state index is 12.0. The summed E-state index contributed by atoms with van der Waals surface area (Å²) in [5.41, 5.74) is 0. The predicted molar refractivity (Wildman–Crippen MR) is 88.7 cm³/mol. The fourth-order valence-corrected chi connectivity index (χ4v) is 2.48. The van der Waals surface area contributed by atoms with Crippen molar-refractivity contribution < 1.29 is 28.5 Å². The third kappa shape index (κ3) is 5.75. The van der Waals surface area contributed by atoms with Crippen LogP contribution in [0, 0.1) is 0 Å². The highest BCUT2D eigenvalue weighted by Gasteiger charge is 2.45. The van der Waals surface area contributed by atoms with Crippen molar-refractivity contribution in [1.82, 2.24) is 5.32 Å². The van der Waals surface area contributed by atoms with Crippen molar-refractivity contribution in [2.45, 2.75) is 76.6 Å². The Morgan fingerprint density at radius 1 is 1.21 bits per heavy atom. The van der Waals surface area contributed by atoms with Gasteiger partial charge in [-0.05, 0) is 20.3 Å². The maximum absolute atomic E-state index is 12.0. The highest BCUT2D eigenvalue weighted by molar-refractivity contribution is 6.11. The number of ether oxygens (including phenoxy) is 4. The SMILES string of the molecule is [B][C@@H]1O[C@H](CC)C(OC(=O)CCC(=O)NC)[C@@H]1O[C@H](C)[C@@H](C)OC. The van der Waals surface area contributed by atoms with Gasteiger partial charge < -0.3 is 24.3 Å². The number of hydrogen-bond acceptors (Lipinski definition) is 6. The van der Waals surface area contributed by atoms with E-state index in [0.717, 1.165) is 0 Å². The first-order valence-corrected chi connectivity index (χ1v) is 8.33. The molecule has 1 N–H and O–H groups in total. The quantitative estimate of drug-likeness (QED) is 0.487. The minimum absolute atomic E-state index is 0.00140. The molecule has 8 heteroatoms. The van der Waals surface area contributed by atoms with Crippen LogP contribution in [-0.4, -0.2) is 70.4 Å². The fourth-order valence-electron chi connectivity index (χ4n) is 2.48. The van der Waals surface area contributed by atoms with Crippen LogP contribution in [0.3, 0.4) is 0 Å². The molecule has 0 aromatic carbocycles. The summed E-state index contributed by atoms with van der Waals surface area (Å²) in [7, 11) is 9.12. The molecule has 0 bridgehead atoms. The second-order valence-corrected chi connectivity index (χ2v) is 5.92. The number of hydrogen-bond donors (Lipinski definition) is 1. The number of carbonyl (C=O) groups excluding carboxylic acids is 2. The molecule has 6 atom stereocenters. The number of amides is 1. The zero-order valence-electron chi connectivity index (χ0n) is 15.1. The van der Waals surface area contributed by atoms with Crippen molar-refractivity contribution in [3.63, 3.8) is 0 Å². The van der Waals surface area contributed by atoms with Crippen LogP contribution in [0.25, 0.3) is 0 Å². The highest BCUT2D eigenvalue weighted by atomic mass is 16.6. The molecule has 0 aliphatic carbocycles. The third-order valence-corrected chi connectivity index (χ3v) is 4.26. The average molecular weight is 341 g/mol. The lowest BCUT2D eigenvalue weighted by Crippen LogP contribution is -2.43. The van der Waals surface area contributed by atoms with Gasteiger partial charge in [0, 0.05) is 26.6 Å². The monoisotopic (exact) mass is 341 g/mol. The van der Waals surface area contributed by atoms with Crippen LogP contribution in [0.2, 0.25) is 0 Å². The Kier molecular flexibility index (Phi) is 8.73. The molecule has 7 nitrogen and oxygen atoms in total. The van der Waals surface area contributed by atoms with E-state index in [1.54, 1.807) is 7.11 Å². The van der Waals surface area contributed by atoms with Crippen LogP contribution < -0.4 is 5.32 Å². The molecule has 1 aliphatic rings. The van der Waals surface area contributed by atoms with Gasteiger partial charge >= 0.3 is 5.97 Å². The van der Waals surface area contributed by atoms with Crippen molar-refractivity contribution in [3.05, 3.63) is 0 Å². The van der Waals surface area contributed by atoms with Crippen molar-refractivity contribution in [1.29, 1.82) is 0 Å². The standard InChI is InChI=1S/C16H28BNO6/c1-6-11-14(24-13(20)8-7-12(19)18-4)15(16(17)23-11)22-10(3)9(2)21-5/h9-11,14-16H,6-8H2,1-5H3,(H,18,19)/t9-,10-,11-,14?,15+,16-/m1/s1. The summed E-state index contributed by atoms with van der Waals surface area (Å²) < 4.78 is 22.4. The second kappa shape index (κ2) is 10.0. The minimum atomic E-state index is -0.682. The maximum Gasteiger partial charge on any atom is 0.306 e. The third-order valence-electron chi connectivity index (χ3n) is 4.26. The number of rotatable bonds is 9. The molecule has 2 radical (unpaired) electrons. The summed E-state index contributed by atoms with van der Waals surface area (Å²) in [6.45, 7) is 5.67. The zero-order valence-corrected chi connectivity index (χ0v) is 15.1. The van der Waals surface area contributed by atoms with Gasteiger partial charge in [-0.2, -0.15) is 0 Å². The Hall–Kier alpha value is -1.12. The molecule has 1 fully saturated rings. The van der Waals surface area contributed by atoms with Gasteiger partial charge in [0.25, 0.3) is 0 Å². The minimum Gasteiger partial charge on any atom is -0.457 e. The number of esters is 1. The highest BCUT2D eigenvalue weighted by Crippen LogP contribution is 2.29. The van der Waals surface area contributed by atoms with Crippen molar-refractivity contribution in [3.8, 4) is 0 Å². The number of methoxy groups -OCH3 is 1. The average Bonchev–Trinajstić information content (AvgIpc) is 2.87. The first-order valence-electron chi connectivity index (χ1n) is 8.33. The lowest BCUT2D eigenvalue weighted by Gasteiger charge is -2.29. The van der Waals surface area contributed by atoms with Crippen LogP contribution in [0.4, 0.5) is 0 Å². The molecule has 1 amide bonds. The first-order chi connectivity index (χ1) is 11.3. The van der Waals surface area contributed by atoms with Gasteiger partial charge in [0.1, 0.15) is 14.0 Å². The van der Waals surface area contributed by atoms with E-state index in [1.807, 2.05) is 20.8 Å². The fraction of sp³-hybridized carbons (Fsp3) is 0.875. The molecule has 1 rings (SSSR count). The van der Waals surface area contributed by atoms with E-state index in [4.69, 9.17) is 26.8 Å². The Labute approximate surface area is 145 Å². The van der Waals surface area contributed by atoms with Crippen molar-refractivity contribution in [2.75, 3.05) is 14.2 Å². The molecule has 0 aromatic heterocycles. The van der Waals surface area contributed by atoms with Crippen LogP contribution >= 0.6 is 0 Å². The van der Waals surface area contributed by atoms with E-state index in [1.165, 1.54) is 7.05 Å². The first kappa shape index (κ1) is 20.9.